The van der Waals surface area contributed by atoms with E-state index in [4.69, 9.17) is 4.74 Å². The summed E-state index contributed by atoms with van der Waals surface area (Å²) in [7, 11) is 3.93. The number of benzene rings is 2. The van der Waals surface area contributed by atoms with Gasteiger partial charge in [0.15, 0.2) is 0 Å². The number of ether oxygens (including phenoxy) is 1. The van der Waals surface area contributed by atoms with Crippen molar-refractivity contribution in [2.75, 3.05) is 46.1 Å². The molecule has 4 heteroatoms. The van der Waals surface area contributed by atoms with Crippen LogP contribution in [0.1, 0.15) is 11.6 Å². The van der Waals surface area contributed by atoms with Crippen molar-refractivity contribution in [2.45, 2.75) is 10.9 Å². The number of hydrogen-bond acceptors (Lipinski definition) is 4. The molecular formula is C20H26N2OS. The fourth-order valence-corrected chi connectivity index (χ4v) is 4.17. The van der Waals surface area contributed by atoms with Crippen LogP contribution in [0.15, 0.2) is 59.5 Å². The Morgan fingerprint density at radius 1 is 0.958 bits per heavy atom. The van der Waals surface area contributed by atoms with E-state index in [0.717, 1.165) is 37.7 Å². The van der Waals surface area contributed by atoms with Crippen LogP contribution >= 0.6 is 11.8 Å². The molecule has 0 spiro atoms. The van der Waals surface area contributed by atoms with Crippen LogP contribution in [0.25, 0.3) is 0 Å². The van der Waals surface area contributed by atoms with Gasteiger partial charge in [0.05, 0.1) is 7.11 Å². The van der Waals surface area contributed by atoms with Crippen molar-refractivity contribution in [2.24, 2.45) is 0 Å². The highest BCUT2D eigenvalue weighted by molar-refractivity contribution is 7.99. The van der Waals surface area contributed by atoms with Gasteiger partial charge in [-0.15, -0.1) is 11.8 Å². The Bertz CT molecular complexity index is 609. The minimum absolute atomic E-state index is 0.440. The summed E-state index contributed by atoms with van der Waals surface area (Å²) in [4.78, 5) is 6.37. The van der Waals surface area contributed by atoms with Gasteiger partial charge in [0, 0.05) is 42.9 Å². The number of methoxy groups -OCH3 is 1. The first-order valence-electron chi connectivity index (χ1n) is 8.50. The third-order valence-electron chi connectivity index (χ3n) is 4.63. The van der Waals surface area contributed by atoms with Crippen LogP contribution in [0.5, 0.6) is 5.75 Å². The minimum atomic E-state index is 0.440. The average Bonchev–Trinajstić information content (AvgIpc) is 2.65. The number of likely N-dealkylation sites (N-methyl/N-ethyl adjacent to an activating group) is 1. The van der Waals surface area contributed by atoms with Crippen molar-refractivity contribution < 1.29 is 4.74 Å². The normalized spacial score (nSPS) is 17.6. The Balaban J connectivity index is 1.74. The average molecular weight is 343 g/mol. The van der Waals surface area contributed by atoms with Gasteiger partial charge in [-0.25, -0.2) is 0 Å². The highest BCUT2D eigenvalue weighted by Gasteiger charge is 2.24. The van der Waals surface area contributed by atoms with Crippen molar-refractivity contribution in [1.82, 2.24) is 9.80 Å². The number of thioether (sulfide) groups is 1. The molecule has 0 N–H and O–H groups in total. The molecule has 24 heavy (non-hydrogen) atoms. The summed E-state index contributed by atoms with van der Waals surface area (Å²) >= 11 is 1.94. The standard InChI is InChI=1S/C20H26N2OS/c1-21-12-14-22(15-13-21)20(16-24-19-6-4-3-5-7-19)17-8-10-18(23-2)11-9-17/h3-11,20H,12-16H2,1-2H3. The van der Waals surface area contributed by atoms with Crippen LogP contribution in [0.4, 0.5) is 0 Å². The van der Waals surface area contributed by atoms with Crippen molar-refractivity contribution in [1.29, 1.82) is 0 Å². The highest BCUT2D eigenvalue weighted by atomic mass is 32.2. The van der Waals surface area contributed by atoms with Gasteiger partial charge >= 0.3 is 0 Å². The summed E-state index contributed by atoms with van der Waals surface area (Å²) in [6.45, 7) is 4.54. The largest absolute Gasteiger partial charge is 0.497 e. The fourth-order valence-electron chi connectivity index (χ4n) is 3.06. The van der Waals surface area contributed by atoms with Crippen molar-refractivity contribution in [3.63, 3.8) is 0 Å². The van der Waals surface area contributed by atoms with Gasteiger partial charge in [-0.05, 0) is 36.9 Å². The molecule has 0 aromatic heterocycles. The summed E-state index contributed by atoms with van der Waals surface area (Å²) in [5.74, 6) is 1.99. The molecule has 1 aliphatic rings. The van der Waals surface area contributed by atoms with Crippen LogP contribution in [0, 0.1) is 0 Å². The molecule has 1 aliphatic heterocycles. The predicted octanol–water partition coefficient (Wildman–Crippen LogP) is 3.78. The van der Waals surface area contributed by atoms with E-state index in [9.17, 15) is 0 Å². The lowest BCUT2D eigenvalue weighted by Gasteiger charge is -2.38. The summed E-state index contributed by atoms with van der Waals surface area (Å²) in [6, 6.07) is 19.7. The van der Waals surface area contributed by atoms with Gasteiger partial charge in [-0.3, -0.25) is 4.90 Å². The lowest BCUT2D eigenvalue weighted by Crippen LogP contribution is -2.46. The Kier molecular flexibility index (Phi) is 6.18. The summed E-state index contributed by atoms with van der Waals surface area (Å²) in [5, 5.41) is 0. The Labute approximate surface area is 149 Å². The number of hydrogen-bond donors (Lipinski definition) is 0. The molecule has 0 aliphatic carbocycles. The smallest absolute Gasteiger partial charge is 0.118 e. The molecule has 0 amide bonds. The lowest BCUT2D eigenvalue weighted by atomic mass is 10.1. The highest BCUT2D eigenvalue weighted by Crippen LogP contribution is 2.30. The van der Waals surface area contributed by atoms with Crippen LogP contribution in [-0.2, 0) is 0 Å². The van der Waals surface area contributed by atoms with Crippen LogP contribution in [0.3, 0.4) is 0 Å². The molecule has 3 nitrogen and oxygen atoms in total. The van der Waals surface area contributed by atoms with Crippen molar-refractivity contribution >= 4 is 11.8 Å². The van der Waals surface area contributed by atoms with E-state index < -0.39 is 0 Å². The van der Waals surface area contributed by atoms with Gasteiger partial charge in [0.2, 0.25) is 0 Å². The van der Waals surface area contributed by atoms with Gasteiger partial charge < -0.3 is 9.64 Å². The Hall–Kier alpha value is -1.49. The van der Waals surface area contributed by atoms with Crippen LogP contribution in [-0.4, -0.2) is 55.9 Å². The zero-order chi connectivity index (χ0) is 16.8. The van der Waals surface area contributed by atoms with Gasteiger partial charge in [0.1, 0.15) is 5.75 Å². The van der Waals surface area contributed by atoms with E-state index in [-0.39, 0.29) is 0 Å². The molecule has 1 fully saturated rings. The van der Waals surface area contributed by atoms with Gasteiger partial charge in [-0.1, -0.05) is 30.3 Å². The quantitative estimate of drug-likeness (QED) is 0.742. The summed E-state index contributed by atoms with van der Waals surface area (Å²) in [5.41, 5.74) is 1.38. The molecule has 0 radical (unpaired) electrons. The third-order valence-corrected chi connectivity index (χ3v) is 5.72. The van der Waals surface area contributed by atoms with Crippen LogP contribution < -0.4 is 4.74 Å². The maximum atomic E-state index is 5.31. The molecule has 3 rings (SSSR count). The van der Waals surface area contributed by atoms with Crippen molar-refractivity contribution in [3.8, 4) is 5.75 Å². The van der Waals surface area contributed by atoms with E-state index in [1.807, 2.05) is 11.8 Å². The molecule has 1 saturated heterocycles. The van der Waals surface area contributed by atoms with Crippen LogP contribution in [0.2, 0.25) is 0 Å². The second kappa shape index (κ2) is 8.56. The second-order valence-electron chi connectivity index (χ2n) is 6.25. The zero-order valence-electron chi connectivity index (χ0n) is 14.5. The SMILES string of the molecule is COc1ccc(C(CSc2ccccc2)N2CCN(C)CC2)cc1. The maximum Gasteiger partial charge on any atom is 0.118 e. The van der Waals surface area contributed by atoms with Gasteiger partial charge in [-0.2, -0.15) is 0 Å². The first-order chi connectivity index (χ1) is 11.8. The topological polar surface area (TPSA) is 15.7 Å². The predicted molar refractivity (Wildman–Crippen MR) is 102 cm³/mol. The number of piperazine rings is 1. The molecule has 2 aromatic rings. The molecule has 1 unspecified atom stereocenters. The first kappa shape index (κ1) is 17.3. The summed E-state index contributed by atoms with van der Waals surface area (Å²) in [6.07, 6.45) is 0. The van der Waals surface area contributed by atoms with E-state index in [1.54, 1.807) is 7.11 Å². The molecular weight excluding hydrogens is 316 g/mol. The zero-order valence-corrected chi connectivity index (χ0v) is 15.3. The van der Waals surface area contributed by atoms with E-state index in [0.29, 0.717) is 6.04 Å². The Morgan fingerprint density at radius 3 is 2.25 bits per heavy atom. The fraction of sp³-hybridized carbons (Fsp3) is 0.400. The second-order valence-corrected chi connectivity index (χ2v) is 7.35. The van der Waals surface area contributed by atoms with Crippen molar-refractivity contribution in [3.05, 3.63) is 60.2 Å². The molecule has 1 atom stereocenters. The van der Waals surface area contributed by atoms with E-state index in [2.05, 4.69) is 71.4 Å². The molecule has 128 valence electrons. The maximum absolute atomic E-state index is 5.31. The van der Waals surface area contributed by atoms with E-state index in [1.165, 1.54) is 10.5 Å². The van der Waals surface area contributed by atoms with E-state index >= 15 is 0 Å². The minimum Gasteiger partial charge on any atom is -0.497 e. The lowest BCUT2D eigenvalue weighted by molar-refractivity contribution is 0.121. The third kappa shape index (κ3) is 4.53. The molecule has 2 aromatic carbocycles. The summed E-state index contributed by atoms with van der Waals surface area (Å²) < 4.78 is 5.31. The first-order valence-corrected chi connectivity index (χ1v) is 9.49. The van der Waals surface area contributed by atoms with Gasteiger partial charge in [0.25, 0.3) is 0 Å². The monoisotopic (exact) mass is 342 g/mol. The number of nitrogens with zero attached hydrogens (tertiary/aromatic N) is 2. The number of rotatable bonds is 6. The molecule has 0 bridgehead atoms. The molecule has 0 saturated carbocycles. The Morgan fingerprint density at radius 2 is 1.62 bits per heavy atom. The molecule has 1 heterocycles.